The molecule has 0 saturated carbocycles. The van der Waals surface area contributed by atoms with Crippen molar-refractivity contribution < 1.29 is 31.9 Å². The van der Waals surface area contributed by atoms with Crippen molar-refractivity contribution in [3.8, 4) is 0 Å². The van der Waals surface area contributed by atoms with Crippen LogP contribution in [0.3, 0.4) is 0 Å². The average molecular weight is 571 g/mol. The van der Waals surface area contributed by atoms with E-state index in [4.69, 9.17) is 4.42 Å². The lowest BCUT2D eigenvalue weighted by Crippen LogP contribution is -2.53. The first-order chi connectivity index (χ1) is 19.0. The molecule has 1 saturated heterocycles. The lowest BCUT2D eigenvalue weighted by molar-refractivity contribution is -0.646. The molecular formula is C28H34N4O7S. The van der Waals surface area contributed by atoms with Crippen LogP contribution >= 0.6 is 0 Å². The van der Waals surface area contributed by atoms with Crippen LogP contribution in [0.5, 0.6) is 0 Å². The third-order valence-electron chi connectivity index (χ3n) is 6.92. The molecule has 40 heavy (non-hydrogen) atoms. The number of rotatable bonds is 9. The summed E-state index contributed by atoms with van der Waals surface area (Å²) >= 11 is 0. The van der Waals surface area contributed by atoms with E-state index in [2.05, 4.69) is 10.6 Å². The largest absolute Gasteiger partial charge is 0.618 e. The van der Waals surface area contributed by atoms with Crippen LogP contribution in [0.2, 0.25) is 0 Å². The third-order valence-corrected chi connectivity index (χ3v) is 8.75. The zero-order chi connectivity index (χ0) is 29.0. The molecule has 1 aromatic carbocycles. The first-order valence-electron chi connectivity index (χ1n) is 13.4. The highest BCUT2D eigenvalue weighted by Crippen LogP contribution is 2.26. The van der Waals surface area contributed by atoms with E-state index in [1.807, 2.05) is 39.0 Å². The highest BCUT2D eigenvalue weighted by molar-refractivity contribution is 7.89. The van der Waals surface area contributed by atoms with Crippen LogP contribution in [0.4, 0.5) is 0 Å². The Morgan fingerprint density at radius 2 is 1.90 bits per heavy atom. The molecule has 11 nitrogen and oxygen atoms in total. The zero-order valence-electron chi connectivity index (χ0n) is 22.8. The van der Waals surface area contributed by atoms with Crippen LogP contribution in [0.15, 0.2) is 58.1 Å². The van der Waals surface area contributed by atoms with E-state index in [0.29, 0.717) is 24.8 Å². The highest BCUT2D eigenvalue weighted by atomic mass is 32.2. The van der Waals surface area contributed by atoms with Crippen molar-refractivity contribution >= 4 is 38.6 Å². The molecule has 2 amide bonds. The van der Waals surface area contributed by atoms with Gasteiger partial charge in [0.1, 0.15) is 11.6 Å². The molecule has 214 valence electrons. The van der Waals surface area contributed by atoms with Gasteiger partial charge >= 0.3 is 15.0 Å². The van der Waals surface area contributed by atoms with Gasteiger partial charge in [0, 0.05) is 29.6 Å². The predicted octanol–water partition coefficient (Wildman–Crippen LogP) is 2.31. The van der Waals surface area contributed by atoms with E-state index < -0.39 is 51.3 Å². The van der Waals surface area contributed by atoms with Crippen molar-refractivity contribution in [2.45, 2.75) is 63.6 Å². The molecule has 0 bridgehead atoms. The molecule has 0 aliphatic carbocycles. The first kappa shape index (κ1) is 29.2. The summed E-state index contributed by atoms with van der Waals surface area (Å²) in [6.07, 6.45) is 2.47. The smallest absolute Gasteiger partial charge is 0.323 e. The van der Waals surface area contributed by atoms with E-state index in [0.717, 1.165) is 21.5 Å². The van der Waals surface area contributed by atoms with Gasteiger partial charge in [-0.1, -0.05) is 39.0 Å². The van der Waals surface area contributed by atoms with Crippen molar-refractivity contribution in [2.24, 2.45) is 5.92 Å². The van der Waals surface area contributed by atoms with Gasteiger partial charge in [-0.05, 0) is 43.7 Å². The van der Waals surface area contributed by atoms with Crippen LogP contribution in [-0.4, -0.2) is 55.5 Å². The summed E-state index contributed by atoms with van der Waals surface area (Å²) in [7, 11) is -4.21. The van der Waals surface area contributed by atoms with Gasteiger partial charge in [-0.2, -0.15) is 9.04 Å². The number of pyridine rings is 1. The first-order valence-corrected chi connectivity index (χ1v) is 14.8. The number of aryl methyl sites for hydroxylation is 1. The molecule has 3 aromatic rings. The van der Waals surface area contributed by atoms with E-state index >= 15 is 0 Å². The maximum absolute atomic E-state index is 13.4. The normalized spacial score (nSPS) is 17.5. The van der Waals surface area contributed by atoms with Crippen LogP contribution in [-0.2, 0) is 26.0 Å². The Kier molecular flexibility index (Phi) is 8.89. The number of Topliss-reactive ketones (excluding diaryl/α,β-unsaturated/α-hetero) is 1. The number of benzene rings is 1. The third kappa shape index (κ3) is 6.18. The quantitative estimate of drug-likeness (QED) is 0.296. The maximum atomic E-state index is 13.4. The number of nitrogens with one attached hydrogen (secondary N) is 2. The molecule has 1 fully saturated rings. The van der Waals surface area contributed by atoms with Crippen LogP contribution in [0.25, 0.3) is 11.0 Å². The SMILES string of the molecule is CCc1c(C(=O)NC(CC(C)C)C(=O)N[C@H]2CCCN(S(=O)(=O)c3cccc[n+]3[O-])CC2=O)oc2ccccc12. The molecule has 2 aromatic heterocycles. The van der Waals surface area contributed by atoms with Crippen molar-refractivity contribution in [1.29, 1.82) is 0 Å². The van der Waals surface area contributed by atoms with Gasteiger partial charge in [-0.15, -0.1) is 0 Å². The highest BCUT2D eigenvalue weighted by Gasteiger charge is 2.37. The fourth-order valence-corrected chi connectivity index (χ4v) is 6.40. The van der Waals surface area contributed by atoms with Crippen molar-refractivity contribution in [3.05, 3.63) is 65.2 Å². The molecule has 12 heteroatoms. The van der Waals surface area contributed by atoms with Crippen molar-refractivity contribution in [3.63, 3.8) is 0 Å². The Hall–Kier alpha value is -3.77. The summed E-state index contributed by atoms with van der Waals surface area (Å²) in [6, 6.07) is 9.48. The van der Waals surface area contributed by atoms with Gasteiger partial charge in [-0.25, -0.2) is 8.42 Å². The Morgan fingerprint density at radius 3 is 2.60 bits per heavy atom. The summed E-state index contributed by atoms with van der Waals surface area (Å²) in [4.78, 5) is 39.7. The minimum atomic E-state index is -4.21. The maximum Gasteiger partial charge on any atom is 0.323 e. The Morgan fingerprint density at radius 1 is 1.18 bits per heavy atom. The summed E-state index contributed by atoms with van der Waals surface area (Å²) in [5, 5.41) is 17.9. The summed E-state index contributed by atoms with van der Waals surface area (Å²) in [5.41, 5.74) is 1.32. The number of furan rings is 1. The van der Waals surface area contributed by atoms with Crippen LogP contribution in [0, 0.1) is 11.1 Å². The predicted molar refractivity (Wildman–Crippen MR) is 147 cm³/mol. The van der Waals surface area contributed by atoms with Gasteiger partial charge in [0.15, 0.2) is 17.7 Å². The lowest BCUT2D eigenvalue weighted by Gasteiger charge is -2.23. The van der Waals surface area contributed by atoms with E-state index in [1.165, 1.54) is 18.2 Å². The van der Waals surface area contributed by atoms with Crippen LogP contribution in [0.1, 0.15) is 56.2 Å². The molecule has 4 rings (SSSR count). The summed E-state index contributed by atoms with van der Waals surface area (Å²) < 4.78 is 33.1. The molecule has 1 unspecified atom stereocenters. The fraction of sp³-hybridized carbons (Fsp3) is 0.429. The lowest BCUT2D eigenvalue weighted by atomic mass is 10.0. The molecule has 1 aliphatic heterocycles. The number of carbonyl (C=O) groups is 3. The van der Waals surface area contributed by atoms with E-state index in [9.17, 15) is 28.0 Å². The van der Waals surface area contributed by atoms with Gasteiger partial charge in [0.05, 0.1) is 12.6 Å². The molecule has 0 radical (unpaired) electrons. The standard InChI is InChI=1S/C28H34N4O7S/c1-4-19-20-10-5-6-12-24(20)39-26(19)28(35)30-22(16-18(2)3)27(34)29-21-11-9-14-31(17-23(21)33)40(37,38)25-13-7-8-15-32(25)36/h5-8,10,12-13,15,18,21-22H,4,9,11,14,16-17H2,1-3H3,(H,29,34)(H,30,35)/t21-,22?/m0/s1. The number of hydrogen-bond acceptors (Lipinski definition) is 7. The number of amides is 2. The minimum Gasteiger partial charge on any atom is -0.618 e. The summed E-state index contributed by atoms with van der Waals surface area (Å²) in [6.45, 7) is 5.28. The molecular weight excluding hydrogens is 536 g/mol. The number of sulfonamides is 1. The minimum absolute atomic E-state index is 0.0212. The second-order valence-corrected chi connectivity index (χ2v) is 12.2. The van der Waals surface area contributed by atoms with Gasteiger partial charge < -0.3 is 20.3 Å². The number of para-hydroxylation sites is 1. The second kappa shape index (κ2) is 12.2. The monoisotopic (exact) mass is 570 g/mol. The Balaban J connectivity index is 1.48. The molecule has 2 atom stereocenters. The van der Waals surface area contributed by atoms with Gasteiger partial charge in [-0.3, -0.25) is 14.4 Å². The molecule has 2 N–H and O–H groups in total. The number of hydrogen-bond donors (Lipinski definition) is 2. The Bertz CT molecular complexity index is 1520. The number of nitrogens with zero attached hydrogens (tertiary/aromatic N) is 2. The Labute approximate surface area is 233 Å². The molecule has 3 heterocycles. The van der Waals surface area contributed by atoms with Crippen molar-refractivity contribution in [1.82, 2.24) is 14.9 Å². The number of aromatic nitrogens is 1. The van der Waals surface area contributed by atoms with Gasteiger partial charge in [0.2, 0.25) is 5.91 Å². The summed E-state index contributed by atoms with van der Waals surface area (Å²) in [5.74, 6) is -1.36. The zero-order valence-corrected chi connectivity index (χ0v) is 23.6. The average Bonchev–Trinajstić information content (AvgIpc) is 3.19. The van der Waals surface area contributed by atoms with Crippen LogP contribution < -0.4 is 15.4 Å². The second-order valence-electron chi connectivity index (χ2n) is 10.3. The van der Waals surface area contributed by atoms with E-state index in [1.54, 1.807) is 6.07 Å². The number of carbonyl (C=O) groups excluding carboxylic acids is 3. The number of ketones is 1. The van der Waals surface area contributed by atoms with E-state index in [-0.39, 0.29) is 29.4 Å². The topological polar surface area (TPSA) is 153 Å². The van der Waals surface area contributed by atoms with Crippen molar-refractivity contribution in [2.75, 3.05) is 13.1 Å². The molecule has 1 aliphatic rings. The fourth-order valence-electron chi connectivity index (χ4n) is 4.93. The van der Waals surface area contributed by atoms with Gasteiger partial charge in [0.25, 0.3) is 5.91 Å². The number of fused-ring (bicyclic) bond motifs is 1. The molecule has 0 spiro atoms.